The molecule has 0 spiro atoms. The number of hydrogen-bond donors (Lipinski definition) is 2. The van der Waals surface area contributed by atoms with Crippen LogP contribution >= 0.6 is 11.6 Å². The van der Waals surface area contributed by atoms with Gasteiger partial charge in [0.25, 0.3) is 0 Å². The van der Waals surface area contributed by atoms with Crippen LogP contribution in [0.15, 0.2) is 48.9 Å². The minimum atomic E-state index is 0.246. The van der Waals surface area contributed by atoms with Gasteiger partial charge in [0.05, 0.1) is 17.7 Å². The van der Waals surface area contributed by atoms with Crippen LogP contribution < -0.4 is 0 Å². The highest BCUT2D eigenvalue weighted by atomic mass is 35.5. The molecule has 4 aromatic rings. The van der Waals surface area contributed by atoms with E-state index in [9.17, 15) is 0 Å². The fourth-order valence-corrected chi connectivity index (χ4v) is 3.63. The van der Waals surface area contributed by atoms with Crippen LogP contribution in [0.4, 0.5) is 0 Å². The molecule has 0 amide bonds. The van der Waals surface area contributed by atoms with Crippen molar-refractivity contribution in [1.29, 1.82) is 0 Å². The standard InChI is InChI=1S/C19H16ClN7/c20-14-5-3-12(4-6-14)16(11-1-2-11)18-17(22-10-23-18)15-9-13(7-8-21-15)19-24-26-27-25-19/h3-11,16H,1-2H2,(H,22,23)(H,24,25,26,27). The number of imidazole rings is 1. The van der Waals surface area contributed by atoms with E-state index >= 15 is 0 Å². The fourth-order valence-electron chi connectivity index (χ4n) is 3.50. The Bertz CT molecular complexity index is 1050. The molecule has 7 nitrogen and oxygen atoms in total. The molecule has 0 aliphatic heterocycles. The third kappa shape index (κ3) is 3.10. The maximum atomic E-state index is 6.08. The summed E-state index contributed by atoms with van der Waals surface area (Å²) in [6, 6.07) is 11.9. The van der Waals surface area contributed by atoms with Crippen molar-refractivity contribution in [3.63, 3.8) is 0 Å². The van der Waals surface area contributed by atoms with E-state index in [2.05, 4.69) is 47.7 Å². The van der Waals surface area contributed by atoms with E-state index < -0.39 is 0 Å². The predicted octanol–water partition coefficient (Wildman–Crippen LogP) is 3.85. The molecule has 1 unspecified atom stereocenters. The van der Waals surface area contributed by atoms with Crippen molar-refractivity contribution < 1.29 is 0 Å². The summed E-state index contributed by atoms with van der Waals surface area (Å²) in [6.45, 7) is 0. The van der Waals surface area contributed by atoms with Crippen LogP contribution in [-0.2, 0) is 0 Å². The number of benzene rings is 1. The molecule has 0 bridgehead atoms. The molecular weight excluding hydrogens is 362 g/mol. The number of rotatable bonds is 5. The number of hydrogen-bond acceptors (Lipinski definition) is 5. The summed E-state index contributed by atoms with van der Waals surface area (Å²) in [5.41, 5.74) is 4.80. The molecule has 1 atom stereocenters. The second kappa shape index (κ2) is 6.59. The Hall–Kier alpha value is -3.06. The Kier molecular flexibility index (Phi) is 3.94. The molecule has 1 aromatic carbocycles. The monoisotopic (exact) mass is 377 g/mol. The molecule has 1 saturated carbocycles. The summed E-state index contributed by atoms with van der Waals surface area (Å²) < 4.78 is 0. The summed E-state index contributed by atoms with van der Waals surface area (Å²) in [5.74, 6) is 1.38. The van der Waals surface area contributed by atoms with E-state index in [1.165, 1.54) is 18.4 Å². The van der Waals surface area contributed by atoms with Crippen LogP contribution in [0.3, 0.4) is 0 Å². The molecule has 1 aliphatic rings. The Balaban J connectivity index is 1.57. The van der Waals surface area contributed by atoms with Gasteiger partial charge in [-0.05, 0) is 53.8 Å². The number of aromatic amines is 2. The lowest BCUT2D eigenvalue weighted by Crippen LogP contribution is -2.06. The molecule has 0 radical (unpaired) electrons. The summed E-state index contributed by atoms with van der Waals surface area (Å²) in [5, 5.41) is 14.9. The fraction of sp³-hybridized carbons (Fsp3) is 0.211. The van der Waals surface area contributed by atoms with Gasteiger partial charge in [-0.15, -0.1) is 10.2 Å². The molecule has 27 heavy (non-hydrogen) atoms. The zero-order valence-electron chi connectivity index (χ0n) is 14.3. The highest BCUT2D eigenvalue weighted by molar-refractivity contribution is 6.30. The lowest BCUT2D eigenvalue weighted by atomic mass is 9.89. The minimum absolute atomic E-state index is 0.246. The first kappa shape index (κ1) is 16.1. The van der Waals surface area contributed by atoms with Gasteiger partial charge in [-0.1, -0.05) is 23.7 Å². The van der Waals surface area contributed by atoms with E-state index in [-0.39, 0.29) is 5.92 Å². The molecule has 2 N–H and O–H groups in total. The van der Waals surface area contributed by atoms with E-state index in [1.807, 2.05) is 24.3 Å². The van der Waals surface area contributed by atoms with E-state index in [0.717, 1.165) is 27.7 Å². The molecule has 5 rings (SSSR count). The van der Waals surface area contributed by atoms with Crippen molar-refractivity contribution in [2.75, 3.05) is 0 Å². The number of H-pyrrole nitrogens is 2. The Labute approximate surface area is 160 Å². The lowest BCUT2D eigenvalue weighted by molar-refractivity contribution is 0.688. The first-order valence-corrected chi connectivity index (χ1v) is 9.16. The van der Waals surface area contributed by atoms with Crippen LogP contribution in [0.5, 0.6) is 0 Å². The van der Waals surface area contributed by atoms with Gasteiger partial charge in [0.1, 0.15) is 5.69 Å². The van der Waals surface area contributed by atoms with E-state index in [0.29, 0.717) is 11.7 Å². The molecule has 134 valence electrons. The van der Waals surface area contributed by atoms with Crippen LogP contribution in [0.1, 0.15) is 30.0 Å². The predicted molar refractivity (Wildman–Crippen MR) is 101 cm³/mol. The first-order valence-electron chi connectivity index (χ1n) is 8.78. The summed E-state index contributed by atoms with van der Waals surface area (Å²) in [4.78, 5) is 12.5. The second-order valence-corrected chi connectivity index (χ2v) is 7.13. The zero-order valence-corrected chi connectivity index (χ0v) is 15.1. The van der Waals surface area contributed by atoms with Crippen LogP contribution in [-0.4, -0.2) is 35.6 Å². The lowest BCUT2D eigenvalue weighted by Gasteiger charge is -2.17. The molecular formula is C19H16ClN7. The molecule has 1 aliphatic carbocycles. The molecule has 0 saturated heterocycles. The normalized spacial score (nSPS) is 15.0. The zero-order chi connectivity index (χ0) is 18.2. The Morgan fingerprint density at radius 3 is 2.67 bits per heavy atom. The third-order valence-electron chi connectivity index (χ3n) is 4.91. The minimum Gasteiger partial charge on any atom is -0.347 e. The summed E-state index contributed by atoms with van der Waals surface area (Å²) in [7, 11) is 0. The van der Waals surface area contributed by atoms with Crippen molar-refractivity contribution in [3.05, 3.63) is 65.2 Å². The number of nitrogens with zero attached hydrogens (tertiary/aromatic N) is 5. The maximum absolute atomic E-state index is 6.08. The van der Waals surface area contributed by atoms with Gasteiger partial charge in [0.15, 0.2) is 0 Å². The van der Waals surface area contributed by atoms with Crippen LogP contribution in [0, 0.1) is 5.92 Å². The quantitative estimate of drug-likeness (QED) is 0.550. The molecule has 8 heteroatoms. The van der Waals surface area contributed by atoms with Gasteiger partial charge < -0.3 is 4.98 Å². The van der Waals surface area contributed by atoms with Crippen molar-refractivity contribution >= 4 is 11.6 Å². The van der Waals surface area contributed by atoms with Crippen molar-refractivity contribution in [2.24, 2.45) is 5.92 Å². The number of aromatic nitrogens is 7. The molecule has 3 heterocycles. The topological polar surface area (TPSA) is 96.0 Å². The maximum Gasteiger partial charge on any atom is 0.204 e. The number of tetrazole rings is 1. The van der Waals surface area contributed by atoms with Gasteiger partial charge >= 0.3 is 0 Å². The van der Waals surface area contributed by atoms with Gasteiger partial charge in [-0.25, -0.2) is 4.98 Å². The van der Waals surface area contributed by atoms with Gasteiger partial charge in [0, 0.05) is 22.7 Å². The average Bonchev–Trinajstić information content (AvgIpc) is 3.19. The molecule has 3 aromatic heterocycles. The SMILES string of the molecule is Clc1ccc(C(c2[nH]cnc2-c2cc(-c3nn[nH]n3)ccn2)C2CC2)cc1. The van der Waals surface area contributed by atoms with E-state index in [1.54, 1.807) is 12.5 Å². The summed E-state index contributed by atoms with van der Waals surface area (Å²) >= 11 is 6.08. The number of pyridine rings is 1. The Morgan fingerprint density at radius 2 is 1.93 bits per heavy atom. The van der Waals surface area contributed by atoms with Gasteiger partial charge in [0.2, 0.25) is 5.82 Å². The van der Waals surface area contributed by atoms with Crippen LogP contribution in [0.25, 0.3) is 22.8 Å². The van der Waals surface area contributed by atoms with E-state index in [4.69, 9.17) is 11.6 Å². The number of nitrogens with one attached hydrogen (secondary N) is 2. The van der Waals surface area contributed by atoms with Crippen molar-refractivity contribution in [3.8, 4) is 22.8 Å². The van der Waals surface area contributed by atoms with Crippen LogP contribution in [0.2, 0.25) is 5.02 Å². The first-order chi connectivity index (χ1) is 13.3. The van der Waals surface area contributed by atoms with Gasteiger partial charge in [-0.3, -0.25) is 4.98 Å². The highest BCUT2D eigenvalue weighted by Crippen LogP contribution is 2.47. The molecule has 1 fully saturated rings. The summed E-state index contributed by atoms with van der Waals surface area (Å²) in [6.07, 6.45) is 5.90. The van der Waals surface area contributed by atoms with Gasteiger partial charge in [-0.2, -0.15) is 5.21 Å². The third-order valence-corrected chi connectivity index (χ3v) is 5.16. The van der Waals surface area contributed by atoms with Crippen molar-refractivity contribution in [1.82, 2.24) is 35.6 Å². The number of halogens is 1. The second-order valence-electron chi connectivity index (χ2n) is 6.70. The largest absolute Gasteiger partial charge is 0.347 e. The smallest absolute Gasteiger partial charge is 0.204 e. The highest BCUT2D eigenvalue weighted by Gasteiger charge is 2.36. The average molecular weight is 378 g/mol. The van der Waals surface area contributed by atoms with Crippen molar-refractivity contribution in [2.45, 2.75) is 18.8 Å². The Morgan fingerprint density at radius 1 is 1.07 bits per heavy atom.